The molecular weight excluding hydrogens is 417 g/mol. The van der Waals surface area contributed by atoms with Crippen molar-refractivity contribution in [3.05, 3.63) is 83.2 Å². The van der Waals surface area contributed by atoms with Gasteiger partial charge in [-0.1, -0.05) is 24.3 Å². The number of imidazole rings is 1. The van der Waals surface area contributed by atoms with Crippen molar-refractivity contribution in [1.29, 1.82) is 0 Å². The molecule has 0 aliphatic carbocycles. The van der Waals surface area contributed by atoms with Crippen LogP contribution in [0.2, 0.25) is 0 Å². The first-order valence-corrected chi connectivity index (χ1v) is 11.5. The molecule has 0 spiro atoms. The first-order chi connectivity index (χ1) is 16.0. The maximum Gasteiger partial charge on any atom is 0.250 e. The number of ether oxygens (including phenoxy) is 1. The molecular formula is C27H28FN3O2. The minimum absolute atomic E-state index is 0.0208. The Morgan fingerprint density at radius 3 is 2.76 bits per heavy atom. The van der Waals surface area contributed by atoms with E-state index in [2.05, 4.69) is 4.98 Å². The predicted octanol–water partition coefficient (Wildman–Crippen LogP) is 5.63. The van der Waals surface area contributed by atoms with E-state index < -0.39 is 0 Å². The number of carbonyl (C=O) groups excluding carboxylic acids is 1. The minimum Gasteiger partial charge on any atom is -0.495 e. The van der Waals surface area contributed by atoms with Gasteiger partial charge in [0.25, 0.3) is 5.91 Å². The van der Waals surface area contributed by atoms with Gasteiger partial charge in [0.2, 0.25) is 0 Å². The minimum atomic E-state index is -0.234. The second-order valence-electron chi connectivity index (χ2n) is 8.90. The van der Waals surface area contributed by atoms with E-state index >= 15 is 0 Å². The van der Waals surface area contributed by atoms with Crippen molar-refractivity contribution in [2.75, 3.05) is 7.11 Å². The molecule has 2 aromatic carbocycles. The summed E-state index contributed by atoms with van der Waals surface area (Å²) < 4.78 is 22.1. The summed E-state index contributed by atoms with van der Waals surface area (Å²) in [5, 5.41) is 0. The van der Waals surface area contributed by atoms with Crippen LogP contribution in [0.3, 0.4) is 0 Å². The Kier molecular flexibility index (Phi) is 5.75. The summed E-state index contributed by atoms with van der Waals surface area (Å²) in [5.41, 5.74) is 4.12. The molecule has 0 bridgehead atoms. The number of hydrogen-bond acceptors (Lipinski definition) is 3. The summed E-state index contributed by atoms with van der Waals surface area (Å²) in [5.74, 6) is 0.500. The number of carbonyl (C=O) groups is 1. The molecule has 3 aromatic rings. The van der Waals surface area contributed by atoms with Crippen molar-refractivity contribution >= 4 is 12.0 Å². The summed E-state index contributed by atoms with van der Waals surface area (Å²) in [7, 11) is 1.64. The molecule has 0 unspecified atom stereocenters. The average Bonchev–Trinajstić information content (AvgIpc) is 3.27. The number of halogens is 1. The van der Waals surface area contributed by atoms with Crippen LogP contribution < -0.4 is 4.74 Å². The molecule has 0 N–H and O–H groups in total. The molecule has 33 heavy (non-hydrogen) atoms. The first-order valence-electron chi connectivity index (χ1n) is 11.5. The van der Waals surface area contributed by atoms with Gasteiger partial charge in [-0.2, -0.15) is 0 Å². The van der Waals surface area contributed by atoms with Crippen LogP contribution in [0.4, 0.5) is 4.39 Å². The van der Waals surface area contributed by atoms with E-state index in [9.17, 15) is 9.18 Å². The van der Waals surface area contributed by atoms with Crippen molar-refractivity contribution in [2.24, 2.45) is 0 Å². The molecule has 5 rings (SSSR count). The molecule has 2 atom stereocenters. The van der Waals surface area contributed by atoms with Crippen LogP contribution in [-0.4, -0.2) is 33.5 Å². The van der Waals surface area contributed by atoms with Gasteiger partial charge in [0, 0.05) is 23.4 Å². The maximum absolute atomic E-state index is 14.6. The fourth-order valence-corrected chi connectivity index (χ4v) is 5.20. The second kappa shape index (κ2) is 8.85. The fraction of sp³-hybridized carbons (Fsp3) is 0.333. The lowest BCUT2D eigenvalue weighted by molar-refractivity contribution is -0.136. The summed E-state index contributed by atoms with van der Waals surface area (Å²) >= 11 is 0. The number of aryl methyl sites for hydroxylation is 1. The molecule has 1 amide bonds. The monoisotopic (exact) mass is 445 g/mol. The molecule has 2 fully saturated rings. The number of rotatable bonds is 4. The van der Waals surface area contributed by atoms with E-state index in [0.29, 0.717) is 11.3 Å². The van der Waals surface area contributed by atoms with Crippen LogP contribution in [-0.2, 0) is 4.79 Å². The van der Waals surface area contributed by atoms with Crippen LogP contribution in [0.25, 0.3) is 11.8 Å². The summed E-state index contributed by atoms with van der Waals surface area (Å²) in [6.45, 7) is 1.94. The van der Waals surface area contributed by atoms with Crippen LogP contribution in [0, 0.1) is 12.7 Å². The Labute approximate surface area is 193 Å². The Morgan fingerprint density at radius 1 is 1.15 bits per heavy atom. The molecule has 1 aromatic heterocycles. The first kappa shape index (κ1) is 21.4. The average molecular weight is 446 g/mol. The number of piperidine rings is 2. The van der Waals surface area contributed by atoms with Crippen LogP contribution in [0.1, 0.15) is 55.0 Å². The summed E-state index contributed by atoms with van der Waals surface area (Å²) in [6.07, 6.45) is 10.1. The van der Waals surface area contributed by atoms with E-state index in [1.807, 2.05) is 59.0 Å². The quantitative estimate of drug-likeness (QED) is 0.489. The topological polar surface area (TPSA) is 47.4 Å². The number of amides is 1. The highest BCUT2D eigenvalue weighted by Crippen LogP contribution is 2.41. The van der Waals surface area contributed by atoms with Gasteiger partial charge in [0.15, 0.2) is 0 Å². The smallest absolute Gasteiger partial charge is 0.250 e. The zero-order valence-electron chi connectivity index (χ0n) is 19.0. The molecule has 2 saturated heterocycles. The number of aromatic nitrogens is 2. The van der Waals surface area contributed by atoms with Crippen molar-refractivity contribution < 1.29 is 13.9 Å². The van der Waals surface area contributed by atoms with Gasteiger partial charge in [-0.25, -0.2) is 9.37 Å². The van der Waals surface area contributed by atoms with Crippen LogP contribution in [0.15, 0.2) is 60.6 Å². The predicted molar refractivity (Wildman–Crippen MR) is 126 cm³/mol. The van der Waals surface area contributed by atoms with E-state index in [-0.39, 0.29) is 23.8 Å². The van der Waals surface area contributed by atoms with Gasteiger partial charge in [-0.15, -0.1) is 0 Å². The summed E-state index contributed by atoms with van der Waals surface area (Å²) in [4.78, 5) is 19.8. The van der Waals surface area contributed by atoms with Crippen molar-refractivity contribution in [2.45, 2.75) is 51.1 Å². The number of methoxy groups -OCH3 is 1. The molecule has 0 radical (unpaired) electrons. The molecule has 2 aliphatic rings. The number of hydrogen-bond donors (Lipinski definition) is 0. The lowest BCUT2D eigenvalue weighted by Crippen LogP contribution is -2.49. The Morgan fingerprint density at radius 2 is 2.00 bits per heavy atom. The van der Waals surface area contributed by atoms with E-state index in [1.165, 1.54) is 6.07 Å². The maximum atomic E-state index is 14.6. The Balaban J connectivity index is 1.46. The molecule has 5 nitrogen and oxygen atoms in total. The zero-order chi connectivity index (χ0) is 22.9. The number of fused-ring (bicyclic) bond motifs is 1. The molecule has 170 valence electrons. The SMILES string of the molecule is COc1cc(/C=C2\CC[C@@H]3CCC[C@H](c4ccccc4F)N3C2=O)ccc1-n1cnc(C)c1. The fourth-order valence-electron chi connectivity index (χ4n) is 5.20. The number of benzene rings is 2. The standard InChI is InChI=1S/C27H28FN3O2/c1-18-16-30(17-29-18)25-13-10-19(15-26(25)33-2)14-20-11-12-21-6-5-9-24(31(21)27(20)32)22-7-3-4-8-23(22)28/h3-4,7-8,10,13-17,21,24H,5-6,9,11-12H2,1-2H3/b20-14+/t21-,24+/m0/s1. The van der Waals surface area contributed by atoms with Gasteiger partial charge >= 0.3 is 0 Å². The Bertz CT molecular complexity index is 1220. The lowest BCUT2D eigenvalue weighted by atomic mass is 9.83. The third kappa shape index (κ3) is 4.06. The van der Waals surface area contributed by atoms with Gasteiger partial charge < -0.3 is 14.2 Å². The third-order valence-corrected chi connectivity index (χ3v) is 6.80. The van der Waals surface area contributed by atoms with E-state index in [0.717, 1.165) is 54.6 Å². The third-order valence-electron chi connectivity index (χ3n) is 6.80. The van der Waals surface area contributed by atoms with Crippen molar-refractivity contribution in [3.8, 4) is 11.4 Å². The van der Waals surface area contributed by atoms with Gasteiger partial charge in [0.1, 0.15) is 11.6 Å². The highest BCUT2D eigenvalue weighted by molar-refractivity contribution is 5.99. The van der Waals surface area contributed by atoms with Crippen LogP contribution in [0.5, 0.6) is 5.75 Å². The van der Waals surface area contributed by atoms with E-state index in [1.54, 1.807) is 19.5 Å². The highest BCUT2D eigenvalue weighted by atomic mass is 19.1. The van der Waals surface area contributed by atoms with Gasteiger partial charge in [-0.3, -0.25) is 4.79 Å². The molecule has 2 aliphatic heterocycles. The normalized spacial score (nSPS) is 21.8. The van der Waals surface area contributed by atoms with Gasteiger partial charge in [0.05, 0.1) is 30.9 Å². The van der Waals surface area contributed by atoms with Crippen molar-refractivity contribution in [1.82, 2.24) is 14.5 Å². The Hall–Kier alpha value is -3.41. The lowest BCUT2D eigenvalue weighted by Gasteiger charge is -2.46. The molecule has 3 heterocycles. The van der Waals surface area contributed by atoms with Crippen molar-refractivity contribution in [3.63, 3.8) is 0 Å². The van der Waals surface area contributed by atoms with E-state index in [4.69, 9.17) is 4.74 Å². The largest absolute Gasteiger partial charge is 0.495 e. The highest BCUT2D eigenvalue weighted by Gasteiger charge is 2.40. The van der Waals surface area contributed by atoms with Crippen LogP contribution >= 0.6 is 0 Å². The summed E-state index contributed by atoms with van der Waals surface area (Å²) in [6, 6.07) is 12.7. The second-order valence-corrected chi connectivity index (χ2v) is 8.90. The number of nitrogens with zero attached hydrogens (tertiary/aromatic N) is 3. The zero-order valence-corrected chi connectivity index (χ0v) is 19.0. The molecule has 0 saturated carbocycles. The van der Waals surface area contributed by atoms with Gasteiger partial charge in [-0.05, 0) is 68.9 Å². The molecule has 6 heteroatoms.